The molecule has 0 aromatic heterocycles. The summed E-state index contributed by atoms with van der Waals surface area (Å²) in [6.45, 7) is 2.63. The lowest BCUT2D eigenvalue weighted by Crippen LogP contribution is -2.35. The standard InChI is InChI=1S/C16H20ClNO3S/c1-10(9-22-2)15(19)18-7-13(14(8-18)16(20)21)11-3-5-12(17)6-4-11/h3-6,10,13-14H,7-9H2,1-2H3,(H,20,21)/t10?,13-,14+/m0/s1. The molecule has 1 amide bonds. The second-order valence-electron chi connectivity index (χ2n) is 5.70. The SMILES string of the molecule is CSCC(C)C(=O)N1C[C@@H](C(=O)O)[C@H](c2ccc(Cl)cc2)C1. The molecule has 0 spiro atoms. The zero-order valence-electron chi connectivity index (χ0n) is 12.7. The molecule has 3 atom stereocenters. The third-order valence-electron chi connectivity index (χ3n) is 4.09. The number of hydrogen-bond acceptors (Lipinski definition) is 3. The average molecular weight is 342 g/mol. The van der Waals surface area contributed by atoms with Crippen LogP contribution in [0.25, 0.3) is 0 Å². The molecule has 4 nitrogen and oxygen atoms in total. The first-order chi connectivity index (χ1) is 10.4. The van der Waals surface area contributed by atoms with E-state index in [1.54, 1.807) is 28.8 Å². The lowest BCUT2D eigenvalue weighted by Gasteiger charge is -2.20. The first-order valence-corrected chi connectivity index (χ1v) is 8.97. The van der Waals surface area contributed by atoms with E-state index in [1.807, 2.05) is 25.3 Å². The summed E-state index contributed by atoms with van der Waals surface area (Å²) >= 11 is 7.51. The lowest BCUT2D eigenvalue weighted by atomic mass is 9.89. The number of hydrogen-bond donors (Lipinski definition) is 1. The second-order valence-corrected chi connectivity index (χ2v) is 7.05. The quantitative estimate of drug-likeness (QED) is 0.894. The molecule has 1 saturated heterocycles. The van der Waals surface area contributed by atoms with E-state index >= 15 is 0 Å². The van der Waals surface area contributed by atoms with Gasteiger partial charge in [0, 0.05) is 35.7 Å². The van der Waals surface area contributed by atoms with Gasteiger partial charge in [0.05, 0.1) is 5.92 Å². The highest BCUT2D eigenvalue weighted by molar-refractivity contribution is 7.98. The van der Waals surface area contributed by atoms with E-state index in [1.165, 1.54) is 0 Å². The number of benzene rings is 1. The molecule has 2 rings (SSSR count). The predicted octanol–water partition coefficient (Wildman–Crippen LogP) is 2.97. The molecule has 0 aliphatic carbocycles. The average Bonchev–Trinajstić information content (AvgIpc) is 2.93. The summed E-state index contributed by atoms with van der Waals surface area (Å²) in [5, 5.41) is 10.1. The van der Waals surface area contributed by atoms with Crippen LogP contribution >= 0.6 is 23.4 Å². The maximum absolute atomic E-state index is 12.4. The fourth-order valence-electron chi connectivity index (χ4n) is 2.91. The molecular formula is C16H20ClNO3S. The van der Waals surface area contributed by atoms with Crippen molar-refractivity contribution in [2.75, 3.05) is 25.1 Å². The van der Waals surface area contributed by atoms with Gasteiger partial charge in [-0.25, -0.2) is 0 Å². The lowest BCUT2D eigenvalue weighted by molar-refractivity contribution is -0.142. The van der Waals surface area contributed by atoms with Crippen LogP contribution in [0.5, 0.6) is 0 Å². The highest BCUT2D eigenvalue weighted by atomic mass is 35.5. The van der Waals surface area contributed by atoms with Crippen molar-refractivity contribution in [3.05, 3.63) is 34.9 Å². The number of likely N-dealkylation sites (tertiary alicyclic amines) is 1. The number of carbonyl (C=O) groups excluding carboxylic acids is 1. The number of carboxylic acid groups (broad SMARTS) is 1. The summed E-state index contributed by atoms with van der Waals surface area (Å²) in [6, 6.07) is 7.22. The molecule has 0 radical (unpaired) electrons. The summed E-state index contributed by atoms with van der Waals surface area (Å²) in [5.74, 6) is -0.899. The number of carboxylic acids is 1. The Morgan fingerprint density at radius 2 is 2.00 bits per heavy atom. The van der Waals surface area contributed by atoms with E-state index in [4.69, 9.17) is 11.6 Å². The van der Waals surface area contributed by atoms with Crippen molar-refractivity contribution in [3.63, 3.8) is 0 Å². The summed E-state index contributed by atoms with van der Waals surface area (Å²) in [7, 11) is 0. The number of thioether (sulfide) groups is 1. The van der Waals surface area contributed by atoms with Crippen molar-refractivity contribution < 1.29 is 14.7 Å². The van der Waals surface area contributed by atoms with Crippen LogP contribution in [0.4, 0.5) is 0 Å². The number of halogens is 1. The minimum absolute atomic E-state index is 0.0389. The number of nitrogens with zero attached hydrogens (tertiary/aromatic N) is 1. The number of aliphatic carboxylic acids is 1. The Morgan fingerprint density at radius 1 is 1.36 bits per heavy atom. The van der Waals surface area contributed by atoms with Crippen molar-refractivity contribution in [2.24, 2.45) is 11.8 Å². The first kappa shape index (κ1) is 17.2. The van der Waals surface area contributed by atoms with Gasteiger partial charge in [0.25, 0.3) is 0 Å². The Bertz CT molecular complexity index is 549. The van der Waals surface area contributed by atoms with Gasteiger partial charge >= 0.3 is 5.97 Å². The first-order valence-electron chi connectivity index (χ1n) is 7.20. The molecule has 1 aromatic rings. The molecule has 0 saturated carbocycles. The van der Waals surface area contributed by atoms with Crippen LogP contribution in [-0.4, -0.2) is 47.0 Å². The van der Waals surface area contributed by atoms with E-state index in [-0.39, 0.29) is 24.3 Å². The molecule has 1 unspecified atom stereocenters. The third-order valence-corrected chi connectivity index (χ3v) is 5.17. The van der Waals surface area contributed by atoms with E-state index in [0.717, 1.165) is 11.3 Å². The van der Waals surface area contributed by atoms with Gasteiger partial charge < -0.3 is 10.0 Å². The second kappa shape index (κ2) is 7.38. The molecule has 22 heavy (non-hydrogen) atoms. The van der Waals surface area contributed by atoms with Crippen molar-refractivity contribution in [3.8, 4) is 0 Å². The van der Waals surface area contributed by atoms with Gasteiger partial charge in [-0.1, -0.05) is 30.7 Å². The van der Waals surface area contributed by atoms with Gasteiger partial charge in [-0.3, -0.25) is 9.59 Å². The minimum Gasteiger partial charge on any atom is -0.481 e. The largest absolute Gasteiger partial charge is 0.481 e. The Kier molecular flexibility index (Phi) is 5.75. The zero-order valence-corrected chi connectivity index (χ0v) is 14.2. The maximum atomic E-state index is 12.4. The molecule has 0 bridgehead atoms. The van der Waals surface area contributed by atoms with Crippen LogP contribution in [0, 0.1) is 11.8 Å². The molecule has 6 heteroatoms. The van der Waals surface area contributed by atoms with Crippen LogP contribution in [0.2, 0.25) is 5.02 Å². The molecule has 1 heterocycles. The zero-order chi connectivity index (χ0) is 16.3. The highest BCUT2D eigenvalue weighted by Gasteiger charge is 2.41. The van der Waals surface area contributed by atoms with Crippen LogP contribution in [0.15, 0.2) is 24.3 Å². The highest BCUT2D eigenvalue weighted by Crippen LogP contribution is 2.34. The topological polar surface area (TPSA) is 57.6 Å². The van der Waals surface area contributed by atoms with Gasteiger partial charge in [0.2, 0.25) is 5.91 Å². The van der Waals surface area contributed by atoms with E-state index in [0.29, 0.717) is 11.6 Å². The monoisotopic (exact) mass is 341 g/mol. The van der Waals surface area contributed by atoms with Crippen molar-refractivity contribution in [1.29, 1.82) is 0 Å². The van der Waals surface area contributed by atoms with Crippen LogP contribution in [0.1, 0.15) is 18.4 Å². The molecule has 1 aliphatic heterocycles. The van der Waals surface area contributed by atoms with Crippen LogP contribution < -0.4 is 0 Å². The van der Waals surface area contributed by atoms with Gasteiger partial charge in [0.1, 0.15) is 0 Å². The van der Waals surface area contributed by atoms with Gasteiger partial charge in [-0.2, -0.15) is 11.8 Å². The van der Waals surface area contributed by atoms with Gasteiger partial charge in [-0.15, -0.1) is 0 Å². The molecule has 1 aliphatic rings. The summed E-state index contributed by atoms with van der Waals surface area (Å²) in [4.78, 5) is 25.7. The molecule has 1 N–H and O–H groups in total. The molecular weight excluding hydrogens is 322 g/mol. The van der Waals surface area contributed by atoms with Crippen LogP contribution in [0.3, 0.4) is 0 Å². The van der Waals surface area contributed by atoms with E-state index in [9.17, 15) is 14.7 Å². The van der Waals surface area contributed by atoms with Crippen molar-refractivity contribution >= 4 is 35.2 Å². The predicted molar refractivity (Wildman–Crippen MR) is 89.4 cm³/mol. The molecule has 120 valence electrons. The maximum Gasteiger partial charge on any atom is 0.308 e. The fraction of sp³-hybridized carbons (Fsp3) is 0.500. The smallest absolute Gasteiger partial charge is 0.308 e. The molecule has 1 fully saturated rings. The minimum atomic E-state index is -0.854. The summed E-state index contributed by atoms with van der Waals surface area (Å²) in [6.07, 6.45) is 1.96. The van der Waals surface area contributed by atoms with Crippen LogP contribution in [-0.2, 0) is 9.59 Å². The molecule has 1 aromatic carbocycles. The normalized spacial score (nSPS) is 22.6. The summed E-state index contributed by atoms with van der Waals surface area (Å²) < 4.78 is 0. The van der Waals surface area contributed by atoms with Gasteiger partial charge in [-0.05, 0) is 24.0 Å². The number of carbonyl (C=O) groups is 2. The van der Waals surface area contributed by atoms with E-state index in [2.05, 4.69) is 0 Å². The number of rotatable bonds is 5. The Hall–Kier alpha value is -1.20. The number of amides is 1. The van der Waals surface area contributed by atoms with Crippen molar-refractivity contribution in [2.45, 2.75) is 12.8 Å². The van der Waals surface area contributed by atoms with E-state index < -0.39 is 11.9 Å². The Morgan fingerprint density at radius 3 is 2.55 bits per heavy atom. The Balaban J connectivity index is 2.18. The summed E-state index contributed by atoms with van der Waals surface area (Å²) in [5.41, 5.74) is 0.921. The van der Waals surface area contributed by atoms with Crippen molar-refractivity contribution in [1.82, 2.24) is 4.90 Å². The van der Waals surface area contributed by atoms with Gasteiger partial charge in [0.15, 0.2) is 0 Å². The fourth-order valence-corrected chi connectivity index (χ4v) is 3.68. The third kappa shape index (κ3) is 3.76. The Labute approximate surface area is 139 Å².